The minimum atomic E-state index is -0.253. The summed E-state index contributed by atoms with van der Waals surface area (Å²) in [6.07, 6.45) is 3.98. The van der Waals surface area contributed by atoms with E-state index >= 15 is 0 Å². The van der Waals surface area contributed by atoms with Crippen molar-refractivity contribution in [1.29, 1.82) is 0 Å². The molecule has 112 valence electrons. The number of hydrogen-bond acceptors (Lipinski definition) is 3. The van der Waals surface area contributed by atoms with Crippen LogP contribution in [0.4, 0.5) is 5.82 Å². The van der Waals surface area contributed by atoms with Gasteiger partial charge in [0, 0.05) is 16.9 Å². The van der Waals surface area contributed by atoms with Crippen LogP contribution in [-0.4, -0.2) is 20.3 Å². The number of anilines is 1. The number of fused-ring (bicyclic) bond motifs is 1. The molecule has 0 aliphatic heterocycles. The zero-order valence-corrected chi connectivity index (χ0v) is 14.0. The first-order valence-electron chi connectivity index (χ1n) is 6.68. The Hall–Kier alpha value is -1.92. The Morgan fingerprint density at radius 3 is 2.86 bits per heavy atom. The van der Waals surface area contributed by atoms with E-state index in [1.165, 1.54) is 6.20 Å². The first-order valence-corrected chi connectivity index (χ1v) is 7.85. The van der Waals surface area contributed by atoms with E-state index in [1.54, 1.807) is 16.5 Å². The molecule has 3 aromatic rings. The summed E-state index contributed by atoms with van der Waals surface area (Å²) in [6, 6.07) is 7.09. The summed E-state index contributed by atoms with van der Waals surface area (Å²) in [4.78, 5) is 21.2. The number of nitrogens with one attached hydrogen (secondary N) is 1. The van der Waals surface area contributed by atoms with Gasteiger partial charge in [-0.25, -0.2) is 9.97 Å². The molecule has 0 aliphatic rings. The molecule has 3 rings (SSSR count). The molecule has 0 radical (unpaired) electrons. The molecule has 7 heteroatoms. The topological polar surface area (TPSA) is 59.3 Å². The quantitative estimate of drug-likeness (QED) is 0.749. The van der Waals surface area contributed by atoms with E-state index in [0.29, 0.717) is 23.0 Å². The van der Waals surface area contributed by atoms with Gasteiger partial charge < -0.3 is 5.32 Å². The average molecular weight is 380 g/mol. The van der Waals surface area contributed by atoms with Gasteiger partial charge in [-0.15, -0.1) is 0 Å². The van der Waals surface area contributed by atoms with Gasteiger partial charge in [-0.1, -0.05) is 18.5 Å². The molecule has 0 aliphatic carbocycles. The first kappa shape index (κ1) is 15.0. The summed E-state index contributed by atoms with van der Waals surface area (Å²) in [5.74, 6) is 0.193. The lowest BCUT2D eigenvalue weighted by Crippen LogP contribution is -2.17. The van der Waals surface area contributed by atoms with Gasteiger partial charge in [0.1, 0.15) is 17.2 Å². The second-order valence-electron chi connectivity index (χ2n) is 4.65. The number of aromatic nitrogens is 3. The molecule has 0 bridgehead atoms. The highest BCUT2D eigenvalue weighted by atomic mass is 79.9. The van der Waals surface area contributed by atoms with E-state index in [9.17, 15) is 4.79 Å². The highest BCUT2D eigenvalue weighted by Crippen LogP contribution is 2.19. The van der Waals surface area contributed by atoms with Crippen LogP contribution in [0.25, 0.3) is 5.65 Å². The second-order valence-corrected chi connectivity index (χ2v) is 6.00. The predicted octanol–water partition coefficient (Wildman–Crippen LogP) is 3.96. The van der Waals surface area contributed by atoms with E-state index < -0.39 is 0 Å². The third-order valence-electron chi connectivity index (χ3n) is 3.17. The van der Waals surface area contributed by atoms with Crippen molar-refractivity contribution in [1.82, 2.24) is 14.4 Å². The van der Waals surface area contributed by atoms with Crippen LogP contribution in [0.15, 0.2) is 41.1 Å². The molecule has 0 spiro atoms. The normalized spacial score (nSPS) is 10.9. The monoisotopic (exact) mass is 378 g/mol. The van der Waals surface area contributed by atoms with Crippen molar-refractivity contribution in [3.63, 3.8) is 0 Å². The highest BCUT2D eigenvalue weighted by molar-refractivity contribution is 9.10. The van der Waals surface area contributed by atoms with Crippen LogP contribution in [0, 0.1) is 0 Å². The Labute approximate surface area is 140 Å². The Kier molecular flexibility index (Phi) is 4.13. The maximum Gasteiger partial charge on any atom is 0.275 e. The van der Waals surface area contributed by atoms with Crippen LogP contribution < -0.4 is 5.32 Å². The molecule has 3 heterocycles. The zero-order chi connectivity index (χ0) is 15.7. The van der Waals surface area contributed by atoms with Gasteiger partial charge in [0.2, 0.25) is 0 Å². The number of hydrogen-bond donors (Lipinski definition) is 1. The van der Waals surface area contributed by atoms with Crippen LogP contribution in [-0.2, 0) is 6.42 Å². The van der Waals surface area contributed by atoms with E-state index in [0.717, 1.165) is 15.8 Å². The van der Waals surface area contributed by atoms with Gasteiger partial charge in [-0.3, -0.25) is 9.20 Å². The van der Waals surface area contributed by atoms with Crippen LogP contribution in [0.3, 0.4) is 0 Å². The molecule has 0 unspecified atom stereocenters. The molecule has 5 nitrogen and oxygen atoms in total. The van der Waals surface area contributed by atoms with Crippen molar-refractivity contribution in [3.8, 4) is 0 Å². The van der Waals surface area contributed by atoms with Gasteiger partial charge in [-0.2, -0.15) is 0 Å². The number of carbonyl (C=O) groups excluding carboxylic acids is 1. The molecule has 3 aromatic heterocycles. The average Bonchev–Trinajstić information content (AvgIpc) is 2.87. The minimum absolute atomic E-state index is 0.253. The van der Waals surface area contributed by atoms with Gasteiger partial charge in [0.25, 0.3) is 5.91 Å². The van der Waals surface area contributed by atoms with Crippen molar-refractivity contribution >= 4 is 44.9 Å². The molecule has 1 amide bonds. The number of rotatable bonds is 3. The summed E-state index contributed by atoms with van der Waals surface area (Å²) in [7, 11) is 0. The lowest BCUT2D eigenvalue weighted by Gasteiger charge is -2.06. The van der Waals surface area contributed by atoms with Gasteiger partial charge in [-0.05, 0) is 46.6 Å². The molecule has 0 saturated heterocycles. The fraction of sp³-hybridized carbons (Fsp3) is 0.133. The minimum Gasteiger partial charge on any atom is -0.305 e. The maximum atomic E-state index is 12.6. The summed E-state index contributed by atoms with van der Waals surface area (Å²) < 4.78 is 2.65. The molecule has 0 fully saturated rings. The smallest absolute Gasteiger partial charge is 0.275 e. The highest BCUT2D eigenvalue weighted by Gasteiger charge is 2.18. The molecular weight excluding hydrogens is 368 g/mol. The Balaban J connectivity index is 2.02. The van der Waals surface area contributed by atoms with Crippen LogP contribution in [0.2, 0.25) is 5.02 Å². The van der Waals surface area contributed by atoms with E-state index in [-0.39, 0.29) is 5.91 Å². The number of aryl methyl sites for hydroxylation is 1. The molecule has 1 N–H and O–H groups in total. The SMILES string of the molecule is CCc1nc2ccc(Br)cn2c1C(=O)Nc1ccc(Cl)cn1. The third-order valence-corrected chi connectivity index (χ3v) is 3.87. The zero-order valence-electron chi connectivity index (χ0n) is 11.7. The lowest BCUT2D eigenvalue weighted by molar-refractivity contribution is 0.102. The Morgan fingerprint density at radius 2 is 2.18 bits per heavy atom. The molecule has 0 aromatic carbocycles. The second kappa shape index (κ2) is 6.06. The summed E-state index contributed by atoms with van der Waals surface area (Å²) in [6.45, 7) is 1.97. The summed E-state index contributed by atoms with van der Waals surface area (Å²) in [5.41, 5.74) is 1.98. The maximum absolute atomic E-state index is 12.6. The number of imidazole rings is 1. The fourth-order valence-corrected chi connectivity index (χ4v) is 2.63. The number of carbonyl (C=O) groups is 1. The van der Waals surface area contributed by atoms with Gasteiger partial charge in [0.05, 0.1) is 10.7 Å². The Morgan fingerprint density at radius 1 is 1.36 bits per heavy atom. The largest absolute Gasteiger partial charge is 0.305 e. The van der Waals surface area contributed by atoms with E-state index in [1.807, 2.05) is 25.3 Å². The van der Waals surface area contributed by atoms with Crippen molar-refractivity contribution in [2.75, 3.05) is 5.32 Å². The lowest BCUT2D eigenvalue weighted by atomic mass is 10.2. The van der Waals surface area contributed by atoms with Gasteiger partial charge >= 0.3 is 0 Å². The third kappa shape index (κ3) is 2.84. The number of amides is 1. The van der Waals surface area contributed by atoms with Gasteiger partial charge in [0.15, 0.2) is 0 Å². The first-order chi connectivity index (χ1) is 10.6. The number of halogens is 2. The standard InChI is InChI=1S/C15H12BrClN4O/c1-2-11-14(21-8-9(16)3-6-13(21)19-11)15(22)20-12-5-4-10(17)7-18-12/h3-8H,2H2,1H3,(H,18,20,22). The van der Waals surface area contributed by atoms with Crippen molar-refractivity contribution < 1.29 is 4.79 Å². The summed E-state index contributed by atoms with van der Waals surface area (Å²) in [5, 5.41) is 3.29. The molecule has 0 saturated carbocycles. The fourth-order valence-electron chi connectivity index (χ4n) is 2.18. The molecule has 0 atom stereocenters. The van der Waals surface area contributed by atoms with Crippen molar-refractivity contribution in [2.45, 2.75) is 13.3 Å². The van der Waals surface area contributed by atoms with E-state index in [2.05, 4.69) is 31.2 Å². The summed E-state index contributed by atoms with van der Waals surface area (Å²) >= 11 is 9.21. The number of nitrogens with zero attached hydrogens (tertiary/aromatic N) is 3. The predicted molar refractivity (Wildman–Crippen MR) is 89.5 cm³/mol. The van der Waals surface area contributed by atoms with Crippen LogP contribution in [0.5, 0.6) is 0 Å². The van der Waals surface area contributed by atoms with Crippen molar-refractivity contribution in [3.05, 3.63) is 57.5 Å². The molecule has 22 heavy (non-hydrogen) atoms. The van der Waals surface area contributed by atoms with Crippen molar-refractivity contribution in [2.24, 2.45) is 0 Å². The van der Waals surface area contributed by atoms with Crippen LogP contribution >= 0.6 is 27.5 Å². The number of pyridine rings is 2. The van der Waals surface area contributed by atoms with E-state index in [4.69, 9.17) is 11.6 Å². The molecular formula is C15H12BrClN4O. The Bertz CT molecular complexity index is 845. The van der Waals surface area contributed by atoms with Crippen LogP contribution in [0.1, 0.15) is 23.1 Å².